The van der Waals surface area contributed by atoms with Gasteiger partial charge in [0, 0.05) is 13.5 Å². The quantitative estimate of drug-likeness (QED) is 0.371. The lowest BCUT2D eigenvalue weighted by atomic mass is 10.0. The molecule has 0 saturated carbocycles. The lowest BCUT2D eigenvalue weighted by Crippen LogP contribution is -2.32. The zero-order chi connectivity index (χ0) is 14.4. The Hall–Kier alpha value is -1.55. The number of hydrogen-bond donors (Lipinski definition) is 1. The van der Waals surface area contributed by atoms with Crippen molar-refractivity contribution in [1.82, 2.24) is 5.01 Å². The maximum atomic E-state index is 11.3. The van der Waals surface area contributed by atoms with Gasteiger partial charge in [-0.1, -0.05) is 12.1 Å². The molecule has 0 unspecified atom stereocenters. The number of nitrogens with two attached hydrogens (primary N) is 1. The van der Waals surface area contributed by atoms with Gasteiger partial charge >= 0.3 is 0 Å². The number of carbonyl (C=O) groups excluding carboxylic acids is 1. The first-order valence-electron chi connectivity index (χ1n) is 6.61. The number of amides is 1. The van der Waals surface area contributed by atoms with Crippen LogP contribution in [-0.4, -0.2) is 25.1 Å². The molecule has 4 nitrogen and oxygen atoms in total. The van der Waals surface area contributed by atoms with E-state index in [4.69, 9.17) is 10.6 Å². The molecule has 0 fully saturated rings. The van der Waals surface area contributed by atoms with Gasteiger partial charge < -0.3 is 4.74 Å². The highest BCUT2D eigenvalue weighted by molar-refractivity contribution is 5.75. The van der Waals surface area contributed by atoms with Gasteiger partial charge in [0.05, 0.1) is 7.11 Å². The molecule has 2 N–H and O–H groups in total. The van der Waals surface area contributed by atoms with Gasteiger partial charge in [-0.2, -0.15) is 0 Å². The average molecular weight is 264 g/mol. The van der Waals surface area contributed by atoms with Crippen molar-refractivity contribution in [3.05, 3.63) is 28.8 Å². The van der Waals surface area contributed by atoms with Crippen molar-refractivity contribution in [1.29, 1.82) is 0 Å². The Bertz CT molecular complexity index is 419. The highest BCUT2D eigenvalue weighted by Gasteiger charge is 2.06. The highest BCUT2D eigenvalue weighted by Crippen LogP contribution is 2.25. The molecular weight excluding hydrogens is 240 g/mol. The Morgan fingerprint density at radius 2 is 1.84 bits per heavy atom. The molecule has 0 heterocycles. The van der Waals surface area contributed by atoms with Crippen molar-refractivity contribution in [2.75, 3.05) is 14.2 Å². The van der Waals surface area contributed by atoms with Crippen molar-refractivity contribution >= 4 is 5.91 Å². The molecule has 106 valence electrons. The molecule has 0 aliphatic rings. The standard InChI is InChI=1S/C15H24N2O2/c1-11-9-13(10-12(2)15(11)19-4)7-5-6-8-14(18)17(3)16/h9-10H,5-8,16H2,1-4H3. The number of nitrogens with zero attached hydrogens (tertiary/aromatic N) is 1. The minimum atomic E-state index is -0.0120. The van der Waals surface area contributed by atoms with Gasteiger partial charge in [-0.3, -0.25) is 9.80 Å². The number of aryl methyl sites for hydroxylation is 3. The maximum absolute atomic E-state index is 11.3. The number of hydrazine groups is 1. The monoisotopic (exact) mass is 264 g/mol. The number of ether oxygens (including phenoxy) is 1. The van der Waals surface area contributed by atoms with Crippen molar-refractivity contribution in [3.63, 3.8) is 0 Å². The van der Waals surface area contributed by atoms with Crippen molar-refractivity contribution in [2.24, 2.45) is 5.84 Å². The molecule has 0 saturated heterocycles. The molecule has 1 amide bonds. The minimum absolute atomic E-state index is 0.0120. The van der Waals surface area contributed by atoms with Gasteiger partial charge in [0.1, 0.15) is 5.75 Å². The third-order valence-corrected chi connectivity index (χ3v) is 3.22. The minimum Gasteiger partial charge on any atom is -0.496 e. The molecule has 0 atom stereocenters. The Morgan fingerprint density at radius 1 is 1.26 bits per heavy atom. The Balaban J connectivity index is 2.48. The largest absolute Gasteiger partial charge is 0.496 e. The number of carbonyl (C=O) groups is 1. The number of rotatable bonds is 6. The molecule has 0 aliphatic heterocycles. The lowest BCUT2D eigenvalue weighted by molar-refractivity contribution is -0.130. The molecule has 1 aromatic rings. The predicted molar refractivity (Wildman–Crippen MR) is 77.0 cm³/mol. The summed E-state index contributed by atoms with van der Waals surface area (Å²) in [6, 6.07) is 4.31. The van der Waals surface area contributed by atoms with Crippen LogP contribution in [0.4, 0.5) is 0 Å². The number of benzene rings is 1. The van der Waals surface area contributed by atoms with E-state index in [9.17, 15) is 4.79 Å². The normalized spacial score (nSPS) is 10.4. The van der Waals surface area contributed by atoms with Crippen LogP contribution in [0, 0.1) is 13.8 Å². The first-order chi connectivity index (χ1) is 8.95. The third-order valence-electron chi connectivity index (χ3n) is 3.22. The molecule has 0 aromatic heterocycles. The second kappa shape index (κ2) is 7.14. The average Bonchev–Trinajstić information content (AvgIpc) is 2.34. The van der Waals surface area contributed by atoms with Crippen LogP contribution in [0.1, 0.15) is 36.0 Å². The van der Waals surface area contributed by atoms with E-state index in [-0.39, 0.29) is 5.91 Å². The fraction of sp³-hybridized carbons (Fsp3) is 0.533. The summed E-state index contributed by atoms with van der Waals surface area (Å²) in [5.74, 6) is 6.32. The van der Waals surface area contributed by atoms with Crippen LogP contribution in [0.15, 0.2) is 12.1 Å². The summed E-state index contributed by atoms with van der Waals surface area (Å²) in [7, 11) is 3.28. The van der Waals surface area contributed by atoms with Crippen molar-refractivity contribution in [3.8, 4) is 5.75 Å². The van der Waals surface area contributed by atoms with Gasteiger partial charge in [0.25, 0.3) is 0 Å². The van der Waals surface area contributed by atoms with E-state index in [0.717, 1.165) is 41.1 Å². The molecule has 1 rings (SSSR count). The number of hydrogen-bond acceptors (Lipinski definition) is 3. The van der Waals surface area contributed by atoms with Crippen LogP contribution >= 0.6 is 0 Å². The van der Waals surface area contributed by atoms with Crippen LogP contribution in [0.3, 0.4) is 0 Å². The van der Waals surface area contributed by atoms with Crippen LogP contribution < -0.4 is 10.6 Å². The van der Waals surface area contributed by atoms with E-state index in [0.29, 0.717) is 6.42 Å². The van der Waals surface area contributed by atoms with Gasteiger partial charge in [0.15, 0.2) is 0 Å². The molecule has 0 spiro atoms. The first kappa shape index (κ1) is 15.5. The summed E-state index contributed by atoms with van der Waals surface area (Å²) < 4.78 is 5.35. The molecule has 0 radical (unpaired) electrons. The summed E-state index contributed by atoms with van der Waals surface area (Å²) in [6.07, 6.45) is 3.35. The van der Waals surface area contributed by atoms with Crippen LogP contribution in [0.2, 0.25) is 0 Å². The molecule has 0 bridgehead atoms. The zero-order valence-corrected chi connectivity index (χ0v) is 12.3. The maximum Gasteiger partial charge on any atom is 0.236 e. The van der Waals surface area contributed by atoms with Crippen LogP contribution in [0.25, 0.3) is 0 Å². The summed E-state index contributed by atoms with van der Waals surface area (Å²) >= 11 is 0. The van der Waals surface area contributed by atoms with E-state index in [2.05, 4.69) is 26.0 Å². The predicted octanol–water partition coefficient (Wildman–Crippen LogP) is 2.36. The highest BCUT2D eigenvalue weighted by atomic mass is 16.5. The Morgan fingerprint density at radius 3 is 2.32 bits per heavy atom. The third kappa shape index (κ3) is 4.56. The van der Waals surface area contributed by atoms with Crippen molar-refractivity contribution in [2.45, 2.75) is 39.5 Å². The number of methoxy groups -OCH3 is 1. The molecule has 0 aliphatic carbocycles. The van der Waals surface area contributed by atoms with Gasteiger partial charge in [-0.15, -0.1) is 0 Å². The smallest absolute Gasteiger partial charge is 0.236 e. The second-order valence-electron chi connectivity index (χ2n) is 4.97. The van der Waals surface area contributed by atoms with Gasteiger partial charge in [-0.05, 0) is 49.8 Å². The SMILES string of the molecule is COc1c(C)cc(CCCCC(=O)N(C)N)cc1C. The summed E-state index contributed by atoms with van der Waals surface area (Å²) in [6.45, 7) is 4.12. The molecule has 1 aromatic carbocycles. The van der Waals surface area contributed by atoms with E-state index in [1.54, 1.807) is 14.2 Å². The Labute approximate surface area is 115 Å². The van der Waals surface area contributed by atoms with E-state index in [1.807, 2.05) is 0 Å². The van der Waals surface area contributed by atoms with Crippen LogP contribution in [0.5, 0.6) is 5.75 Å². The fourth-order valence-electron chi connectivity index (χ4n) is 2.29. The fourth-order valence-corrected chi connectivity index (χ4v) is 2.29. The van der Waals surface area contributed by atoms with Crippen LogP contribution in [-0.2, 0) is 11.2 Å². The first-order valence-corrected chi connectivity index (χ1v) is 6.61. The summed E-state index contributed by atoms with van der Waals surface area (Å²) in [5.41, 5.74) is 3.62. The zero-order valence-electron chi connectivity index (χ0n) is 12.3. The second-order valence-corrected chi connectivity index (χ2v) is 4.97. The molecule has 19 heavy (non-hydrogen) atoms. The molecule has 4 heteroatoms. The topological polar surface area (TPSA) is 55.6 Å². The summed E-state index contributed by atoms with van der Waals surface area (Å²) in [4.78, 5) is 11.3. The van der Waals surface area contributed by atoms with Gasteiger partial charge in [-0.25, -0.2) is 5.84 Å². The van der Waals surface area contributed by atoms with E-state index in [1.165, 1.54) is 5.56 Å². The van der Waals surface area contributed by atoms with E-state index >= 15 is 0 Å². The van der Waals surface area contributed by atoms with E-state index < -0.39 is 0 Å². The number of unbranched alkanes of at least 4 members (excludes halogenated alkanes) is 1. The summed E-state index contributed by atoms with van der Waals surface area (Å²) in [5, 5.41) is 1.15. The van der Waals surface area contributed by atoms with Gasteiger partial charge in [0.2, 0.25) is 5.91 Å². The lowest BCUT2D eigenvalue weighted by Gasteiger charge is -2.12. The Kier molecular flexibility index (Phi) is 5.83. The molecular formula is C15H24N2O2. The van der Waals surface area contributed by atoms with Crippen molar-refractivity contribution < 1.29 is 9.53 Å².